The topological polar surface area (TPSA) is 56.8 Å². The van der Waals surface area contributed by atoms with Crippen LogP contribution in [-0.2, 0) is 4.79 Å². The summed E-state index contributed by atoms with van der Waals surface area (Å²) in [6.45, 7) is 4.74. The van der Waals surface area contributed by atoms with E-state index < -0.39 is 6.10 Å². The van der Waals surface area contributed by atoms with Gasteiger partial charge in [0, 0.05) is 0 Å². The molecule has 0 heterocycles. The average Bonchev–Trinajstić information content (AvgIpc) is 2.65. The van der Waals surface area contributed by atoms with Crippen molar-refractivity contribution in [2.24, 2.45) is 0 Å². The smallest absolute Gasteiger partial charge is 0.261 e. The predicted molar refractivity (Wildman–Crippen MR) is 97.4 cm³/mol. The van der Waals surface area contributed by atoms with Crippen molar-refractivity contribution in [3.05, 3.63) is 54.1 Å². The number of carbonyl (C=O) groups excluding carboxylic acids is 1. The highest BCUT2D eigenvalue weighted by molar-refractivity contribution is 5.81. The third-order valence-electron chi connectivity index (χ3n) is 3.69. The van der Waals surface area contributed by atoms with Crippen LogP contribution in [0.3, 0.4) is 0 Å². The number of amides is 1. The fourth-order valence-corrected chi connectivity index (χ4v) is 2.23. The lowest BCUT2D eigenvalue weighted by atomic mass is 10.2. The molecule has 5 heteroatoms. The SMILES string of the molecule is CC[C@@H](Oc1ccc(C)cc1)C(=O)NCCOc1ccc(OC)cc1. The summed E-state index contributed by atoms with van der Waals surface area (Å²) in [4.78, 5) is 12.2. The zero-order chi connectivity index (χ0) is 18.1. The van der Waals surface area contributed by atoms with Crippen LogP contribution >= 0.6 is 0 Å². The molecular formula is C20H25NO4. The summed E-state index contributed by atoms with van der Waals surface area (Å²) in [5, 5.41) is 2.84. The van der Waals surface area contributed by atoms with E-state index in [0.29, 0.717) is 25.3 Å². The molecule has 1 atom stereocenters. The Balaban J connectivity index is 1.74. The summed E-state index contributed by atoms with van der Waals surface area (Å²) in [6.07, 6.45) is 0.0858. The molecule has 0 saturated carbocycles. The van der Waals surface area contributed by atoms with Crippen LogP contribution in [-0.4, -0.2) is 32.3 Å². The van der Waals surface area contributed by atoms with Gasteiger partial charge in [-0.05, 0) is 49.7 Å². The lowest BCUT2D eigenvalue weighted by Gasteiger charge is -2.17. The van der Waals surface area contributed by atoms with Gasteiger partial charge < -0.3 is 19.5 Å². The lowest BCUT2D eigenvalue weighted by molar-refractivity contribution is -0.128. The minimum atomic E-state index is -0.510. The van der Waals surface area contributed by atoms with Gasteiger partial charge in [0.25, 0.3) is 5.91 Å². The highest BCUT2D eigenvalue weighted by atomic mass is 16.5. The molecule has 0 radical (unpaired) electrons. The van der Waals surface area contributed by atoms with E-state index in [1.54, 1.807) is 7.11 Å². The van der Waals surface area contributed by atoms with E-state index in [1.165, 1.54) is 0 Å². The molecule has 0 aromatic heterocycles. The first-order valence-corrected chi connectivity index (χ1v) is 8.40. The Bertz CT molecular complexity index is 652. The van der Waals surface area contributed by atoms with E-state index in [0.717, 1.165) is 17.1 Å². The van der Waals surface area contributed by atoms with Gasteiger partial charge in [0.2, 0.25) is 0 Å². The number of rotatable bonds is 9. The second-order valence-corrected chi connectivity index (χ2v) is 5.64. The predicted octanol–water partition coefficient (Wildman–Crippen LogP) is 3.36. The first kappa shape index (κ1) is 18.6. The fourth-order valence-electron chi connectivity index (χ4n) is 2.23. The molecule has 1 N–H and O–H groups in total. The largest absolute Gasteiger partial charge is 0.497 e. The van der Waals surface area contributed by atoms with Crippen LogP contribution in [0.25, 0.3) is 0 Å². The molecular weight excluding hydrogens is 318 g/mol. The maximum Gasteiger partial charge on any atom is 0.261 e. The van der Waals surface area contributed by atoms with Crippen molar-refractivity contribution in [1.29, 1.82) is 0 Å². The summed E-state index contributed by atoms with van der Waals surface area (Å²) in [7, 11) is 1.62. The molecule has 0 spiro atoms. The Labute approximate surface area is 148 Å². The highest BCUT2D eigenvalue weighted by Gasteiger charge is 2.17. The lowest BCUT2D eigenvalue weighted by Crippen LogP contribution is -2.39. The molecule has 134 valence electrons. The monoisotopic (exact) mass is 343 g/mol. The Morgan fingerprint density at radius 3 is 2.20 bits per heavy atom. The normalized spacial score (nSPS) is 11.5. The number of aryl methyl sites for hydroxylation is 1. The molecule has 2 aromatic carbocycles. The van der Waals surface area contributed by atoms with Gasteiger partial charge in [0.05, 0.1) is 13.7 Å². The van der Waals surface area contributed by atoms with Crippen LogP contribution in [0.15, 0.2) is 48.5 Å². The number of ether oxygens (including phenoxy) is 3. The summed E-state index contributed by atoms with van der Waals surface area (Å²) in [5.74, 6) is 2.07. The Morgan fingerprint density at radius 1 is 1.00 bits per heavy atom. The number of hydrogen-bond donors (Lipinski definition) is 1. The summed E-state index contributed by atoms with van der Waals surface area (Å²) < 4.78 is 16.4. The first-order chi connectivity index (χ1) is 12.1. The van der Waals surface area contributed by atoms with E-state index in [1.807, 2.05) is 62.4 Å². The van der Waals surface area contributed by atoms with Gasteiger partial charge in [-0.15, -0.1) is 0 Å². The van der Waals surface area contributed by atoms with Gasteiger partial charge in [-0.2, -0.15) is 0 Å². The van der Waals surface area contributed by atoms with Crippen LogP contribution in [0, 0.1) is 6.92 Å². The van der Waals surface area contributed by atoms with Crippen LogP contribution in [0.2, 0.25) is 0 Å². The summed E-state index contributed by atoms with van der Waals surface area (Å²) >= 11 is 0. The van der Waals surface area contributed by atoms with Crippen molar-refractivity contribution in [2.75, 3.05) is 20.3 Å². The minimum Gasteiger partial charge on any atom is -0.497 e. The van der Waals surface area contributed by atoms with Gasteiger partial charge in [-0.1, -0.05) is 24.6 Å². The van der Waals surface area contributed by atoms with Gasteiger partial charge in [0.15, 0.2) is 6.10 Å². The second kappa shape index (κ2) is 9.57. The van der Waals surface area contributed by atoms with E-state index in [-0.39, 0.29) is 5.91 Å². The average molecular weight is 343 g/mol. The number of methoxy groups -OCH3 is 1. The van der Waals surface area contributed by atoms with Crippen molar-refractivity contribution in [2.45, 2.75) is 26.4 Å². The van der Waals surface area contributed by atoms with E-state index in [2.05, 4.69) is 5.32 Å². The first-order valence-electron chi connectivity index (χ1n) is 8.40. The second-order valence-electron chi connectivity index (χ2n) is 5.64. The molecule has 0 bridgehead atoms. The van der Waals surface area contributed by atoms with Crippen LogP contribution in [0.1, 0.15) is 18.9 Å². The van der Waals surface area contributed by atoms with Crippen molar-refractivity contribution in [3.8, 4) is 17.2 Å². The zero-order valence-corrected chi connectivity index (χ0v) is 15.0. The van der Waals surface area contributed by atoms with Crippen molar-refractivity contribution < 1.29 is 19.0 Å². The molecule has 0 saturated heterocycles. The third-order valence-corrected chi connectivity index (χ3v) is 3.69. The Hall–Kier alpha value is -2.69. The summed E-state index contributed by atoms with van der Waals surface area (Å²) in [6, 6.07) is 15.0. The molecule has 2 aromatic rings. The molecule has 2 rings (SSSR count). The highest BCUT2D eigenvalue weighted by Crippen LogP contribution is 2.17. The molecule has 0 aliphatic rings. The molecule has 0 aliphatic carbocycles. The zero-order valence-electron chi connectivity index (χ0n) is 15.0. The molecule has 25 heavy (non-hydrogen) atoms. The maximum absolute atomic E-state index is 12.2. The Morgan fingerprint density at radius 2 is 1.60 bits per heavy atom. The van der Waals surface area contributed by atoms with E-state index in [9.17, 15) is 4.79 Å². The van der Waals surface area contributed by atoms with Crippen LogP contribution < -0.4 is 19.5 Å². The summed E-state index contributed by atoms with van der Waals surface area (Å²) in [5.41, 5.74) is 1.15. The molecule has 0 fully saturated rings. The maximum atomic E-state index is 12.2. The molecule has 0 unspecified atom stereocenters. The van der Waals surface area contributed by atoms with Crippen molar-refractivity contribution >= 4 is 5.91 Å². The molecule has 0 aliphatic heterocycles. The molecule has 1 amide bonds. The number of nitrogens with one attached hydrogen (secondary N) is 1. The van der Waals surface area contributed by atoms with Gasteiger partial charge >= 0.3 is 0 Å². The number of hydrogen-bond acceptors (Lipinski definition) is 4. The van der Waals surface area contributed by atoms with E-state index in [4.69, 9.17) is 14.2 Å². The van der Waals surface area contributed by atoms with Crippen LogP contribution in [0.5, 0.6) is 17.2 Å². The number of carbonyl (C=O) groups is 1. The van der Waals surface area contributed by atoms with E-state index >= 15 is 0 Å². The Kier molecular flexibility index (Phi) is 7.14. The van der Waals surface area contributed by atoms with Gasteiger partial charge in [-0.25, -0.2) is 0 Å². The molecule has 5 nitrogen and oxygen atoms in total. The quantitative estimate of drug-likeness (QED) is 0.710. The standard InChI is InChI=1S/C20H25NO4/c1-4-19(25-18-7-5-15(2)6-8-18)20(22)21-13-14-24-17-11-9-16(23-3)10-12-17/h5-12,19H,4,13-14H2,1-3H3,(H,21,22)/t19-/m1/s1. The third kappa shape index (κ3) is 6.03. The number of benzene rings is 2. The van der Waals surface area contributed by atoms with Gasteiger partial charge in [0.1, 0.15) is 23.9 Å². The van der Waals surface area contributed by atoms with Gasteiger partial charge in [-0.3, -0.25) is 4.79 Å². The fraction of sp³-hybridized carbons (Fsp3) is 0.350. The van der Waals surface area contributed by atoms with Crippen LogP contribution in [0.4, 0.5) is 0 Å². The minimum absolute atomic E-state index is 0.138. The van der Waals surface area contributed by atoms with Crippen molar-refractivity contribution in [3.63, 3.8) is 0 Å². The van der Waals surface area contributed by atoms with Crippen molar-refractivity contribution in [1.82, 2.24) is 5.32 Å².